The van der Waals surface area contributed by atoms with Crippen molar-refractivity contribution in [2.45, 2.75) is 25.0 Å². The van der Waals surface area contributed by atoms with Gasteiger partial charge >= 0.3 is 5.97 Å². The van der Waals surface area contributed by atoms with Crippen LogP contribution < -0.4 is 5.32 Å². The molecule has 2 rings (SSSR count). The van der Waals surface area contributed by atoms with Crippen LogP contribution >= 0.6 is 0 Å². The van der Waals surface area contributed by atoms with E-state index in [1.165, 1.54) is 0 Å². The Bertz CT molecular complexity index is 447. The molecular weight excluding hydrogens is 270 g/mol. The molecule has 1 unspecified atom stereocenters. The summed E-state index contributed by atoms with van der Waals surface area (Å²) in [6.45, 7) is 3.91. The molecule has 1 aliphatic rings. The van der Waals surface area contributed by atoms with Gasteiger partial charge in [0.2, 0.25) is 0 Å². The lowest BCUT2D eigenvalue weighted by atomic mass is 9.87. The van der Waals surface area contributed by atoms with Gasteiger partial charge in [-0.2, -0.15) is 0 Å². The van der Waals surface area contributed by atoms with Crippen molar-refractivity contribution in [1.29, 1.82) is 0 Å². The van der Waals surface area contributed by atoms with Gasteiger partial charge in [0.05, 0.1) is 19.8 Å². The predicted molar refractivity (Wildman–Crippen MR) is 79.0 cm³/mol. The Balaban J connectivity index is 2.12. The van der Waals surface area contributed by atoms with E-state index in [0.29, 0.717) is 32.8 Å². The molecule has 0 aromatic heterocycles. The summed E-state index contributed by atoms with van der Waals surface area (Å²) in [5, 5.41) is 3.14. The molecule has 1 aliphatic heterocycles. The highest BCUT2D eigenvalue weighted by atomic mass is 16.6. The molecule has 0 bridgehead atoms. The molecule has 1 aromatic rings. The molecule has 21 heavy (non-hydrogen) atoms. The second-order valence-corrected chi connectivity index (χ2v) is 5.02. The van der Waals surface area contributed by atoms with Gasteiger partial charge in [0.15, 0.2) is 0 Å². The molecule has 1 atom stereocenters. The van der Waals surface area contributed by atoms with E-state index in [-0.39, 0.29) is 12.1 Å². The van der Waals surface area contributed by atoms with Crippen LogP contribution in [0.2, 0.25) is 0 Å². The Morgan fingerprint density at radius 2 is 2.10 bits per heavy atom. The number of carbonyl (C=O) groups excluding carboxylic acids is 1. The van der Waals surface area contributed by atoms with Gasteiger partial charge < -0.3 is 19.5 Å². The first kappa shape index (κ1) is 15.9. The van der Waals surface area contributed by atoms with Crippen LogP contribution in [0.15, 0.2) is 30.3 Å². The fourth-order valence-corrected chi connectivity index (χ4v) is 2.40. The van der Waals surface area contributed by atoms with Crippen LogP contribution in [-0.2, 0) is 24.5 Å². The first-order valence-electron chi connectivity index (χ1n) is 7.34. The van der Waals surface area contributed by atoms with Gasteiger partial charge in [-0.3, -0.25) is 0 Å². The van der Waals surface area contributed by atoms with Gasteiger partial charge in [-0.05, 0) is 19.5 Å². The molecule has 0 spiro atoms. The minimum Gasteiger partial charge on any atom is -0.464 e. The molecule has 0 aliphatic carbocycles. The van der Waals surface area contributed by atoms with Crippen LogP contribution in [0.1, 0.15) is 18.9 Å². The van der Waals surface area contributed by atoms with E-state index in [1.807, 2.05) is 37.3 Å². The fraction of sp³-hybridized carbons (Fsp3) is 0.562. The van der Waals surface area contributed by atoms with Crippen LogP contribution in [0.25, 0.3) is 0 Å². The van der Waals surface area contributed by atoms with Gasteiger partial charge in [0.1, 0.15) is 11.6 Å². The van der Waals surface area contributed by atoms with E-state index in [2.05, 4.69) is 5.32 Å². The molecule has 0 radical (unpaired) electrons. The zero-order valence-corrected chi connectivity index (χ0v) is 12.6. The van der Waals surface area contributed by atoms with Crippen molar-refractivity contribution >= 4 is 5.97 Å². The number of hydrogen-bond donors (Lipinski definition) is 1. The lowest BCUT2D eigenvalue weighted by Gasteiger charge is -2.33. The van der Waals surface area contributed by atoms with Crippen molar-refractivity contribution in [2.75, 3.05) is 33.5 Å². The van der Waals surface area contributed by atoms with Gasteiger partial charge in [0, 0.05) is 13.0 Å². The van der Waals surface area contributed by atoms with Crippen LogP contribution in [-0.4, -0.2) is 45.5 Å². The highest BCUT2D eigenvalue weighted by Crippen LogP contribution is 2.27. The van der Waals surface area contributed by atoms with Crippen molar-refractivity contribution in [2.24, 2.45) is 0 Å². The minimum absolute atomic E-state index is 0.150. The van der Waals surface area contributed by atoms with E-state index < -0.39 is 5.54 Å². The standard InChI is InChI=1S/C16H23NO4/c1-3-20-15(18)16(17-2,13-7-5-4-6-8-13)9-10-21-14-11-19-12-14/h4-8,14,17H,3,9-12H2,1-2H3. The molecule has 5 heteroatoms. The Hall–Kier alpha value is -1.43. The number of rotatable bonds is 8. The lowest BCUT2D eigenvalue weighted by Crippen LogP contribution is -2.50. The Kier molecular flexibility index (Phi) is 5.73. The van der Waals surface area contributed by atoms with Gasteiger partial charge in [-0.1, -0.05) is 30.3 Å². The van der Waals surface area contributed by atoms with E-state index in [1.54, 1.807) is 7.05 Å². The summed E-state index contributed by atoms with van der Waals surface area (Å²) < 4.78 is 16.1. The van der Waals surface area contributed by atoms with E-state index in [0.717, 1.165) is 5.56 Å². The average Bonchev–Trinajstić information content (AvgIpc) is 2.47. The quantitative estimate of drug-likeness (QED) is 0.736. The Morgan fingerprint density at radius 3 is 2.62 bits per heavy atom. The zero-order chi connectivity index (χ0) is 15.1. The summed E-state index contributed by atoms with van der Waals surface area (Å²) in [5.41, 5.74) is 0.0152. The summed E-state index contributed by atoms with van der Waals surface area (Å²) in [7, 11) is 1.77. The third-order valence-corrected chi connectivity index (χ3v) is 3.76. The van der Waals surface area contributed by atoms with Crippen LogP contribution in [0.5, 0.6) is 0 Å². The molecule has 1 aromatic carbocycles. The number of ether oxygens (including phenoxy) is 3. The predicted octanol–water partition coefficient (Wildman–Crippen LogP) is 1.47. The largest absolute Gasteiger partial charge is 0.464 e. The third kappa shape index (κ3) is 3.61. The average molecular weight is 293 g/mol. The molecule has 1 N–H and O–H groups in total. The second-order valence-electron chi connectivity index (χ2n) is 5.02. The Labute approximate surface area is 125 Å². The maximum absolute atomic E-state index is 12.5. The third-order valence-electron chi connectivity index (χ3n) is 3.76. The summed E-state index contributed by atoms with van der Waals surface area (Å²) in [5.74, 6) is -0.271. The zero-order valence-electron chi connectivity index (χ0n) is 12.6. The van der Waals surface area contributed by atoms with Gasteiger partial charge in [0.25, 0.3) is 0 Å². The number of hydrogen-bond acceptors (Lipinski definition) is 5. The molecule has 116 valence electrons. The second kappa shape index (κ2) is 7.54. The molecule has 0 saturated carbocycles. The molecular formula is C16H23NO4. The van der Waals surface area contributed by atoms with Crippen molar-refractivity contribution in [1.82, 2.24) is 5.32 Å². The van der Waals surface area contributed by atoms with E-state index in [9.17, 15) is 4.79 Å². The van der Waals surface area contributed by atoms with E-state index >= 15 is 0 Å². The lowest BCUT2D eigenvalue weighted by molar-refractivity contribution is -0.156. The number of carbonyl (C=O) groups is 1. The van der Waals surface area contributed by atoms with Crippen LogP contribution in [0, 0.1) is 0 Å². The summed E-state index contributed by atoms with van der Waals surface area (Å²) in [6, 6.07) is 9.62. The van der Waals surface area contributed by atoms with Gasteiger partial charge in [-0.15, -0.1) is 0 Å². The molecule has 5 nitrogen and oxygen atoms in total. The van der Waals surface area contributed by atoms with Crippen molar-refractivity contribution < 1.29 is 19.0 Å². The number of esters is 1. The summed E-state index contributed by atoms with van der Waals surface area (Å²) >= 11 is 0. The number of likely N-dealkylation sites (N-methyl/N-ethyl adjacent to an activating group) is 1. The molecule has 1 heterocycles. The summed E-state index contributed by atoms with van der Waals surface area (Å²) in [6.07, 6.45) is 0.667. The Morgan fingerprint density at radius 1 is 1.38 bits per heavy atom. The fourth-order valence-electron chi connectivity index (χ4n) is 2.40. The smallest absolute Gasteiger partial charge is 0.331 e. The maximum Gasteiger partial charge on any atom is 0.331 e. The number of benzene rings is 1. The van der Waals surface area contributed by atoms with Crippen molar-refractivity contribution in [3.05, 3.63) is 35.9 Å². The molecule has 1 fully saturated rings. The maximum atomic E-state index is 12.5. The highest BCUT2D eigenvalue weighted by Gasteiger charge is 2.40. The SMILES string of the molecule is CCOC(=O)C(CCOC1COC1)(NC)c1ccccc1. The minimum atomic E-state index is -0.873. The van der Waals surface area contributed by atoms with E-state index in [4.69, 9.17) is 14.2 Å². The van der Waals surface area contributed by atoms with Crippen LogP contribution in [0.4, 0.5) is 0 Å². The van der Waals surface area contributed by atoms with Gasteiger partial charge in [-0.25, -0.2) is 4.79 Å². The molecule has 0 amide bonds. The highest BCUT2D eigenvalue weighted by molar-refractivity contribution is 5.82. The monoisotopic (exact) mass is 293 g/mol. The molecule has 1 saturated heterocycles. The van der Waals surface area contributed by atoms with Crippen molar-refractivity contribution in [3.8, 4) is 0 Å². The first-order valence-corrected chi connectivity index (χ1v) is 7.34. The van der Waals surface area contributed by atoms with Crippen molar-refractivity contribution in [3.63, 3.8) is 0 Å². The summed E-state index contributed by atoms with van der Waals surface area (Å²) in [4.78, 5) is 12.5. The first-order chi connectivity index (χ1) is 10.2. The normalized spacial score (nSPS) is 17.8. The number of nitrogens with one attached hydrogen (secondary N) is 1. The topological polar surface area (TPSA) is 56.8 Å². The van der Waals surface area contributed by atoms with Crippen LogP contribution in [0.3, 0.4) is 0 Å².